The number of hydrogen-bond donors (Lipinski definition) is 1. The molecule has 3 heteroatoms. The number of rotatable bonds is 3. The highest BCUT2D eigenvalue weighted by atomic mass is 19.1. The van der Waals surface area contributed by atoms with E-state index in [-0.39, 0.29) is 11.4 Å². The van der Waals surface area contributed by atoms with Crippen LogP contribution in [0.2, 0.25) is 0 Å². The molecule has 0 radical (unpaired) electrons. The Morgan fingerprint density at radius 2 is 2.00 bits per heavy atom. The first-order chi connectivity index (χ1) is 8.38. The van der Waals surface area contributed by atoms with Crippen LogP contribution in [-0.2, 0) is 6.42 Å². The van der Waals surface area contributed by atoms with Crippen molar-refractivity contribution in [3.05, 3.63) is 35.3 Å². The molecule has 0 unspecified atom stereocenters. The van der Waals surface area contributed by atoms with E-state index in [9.17, 15) is 4.39 Å². The maximum atomic E-state index is 13.8. The Kier molecular flexibility index (Phi) is 3.44. The zero-order chi connectivity index (χ0) is 13.3. The summed E-state index contributed by atoms with van der Waals surface area (Å²) in [5.74, 6) is -0.248. The van der Waals surface area contributed by atoms with E-state index in [0.29, 0.717) is 11.1 Å². The van der Waals surface area contributed by atoms with Crippen LogP contribution >= 0.6 is 0 Å². The average Bonchev–Trinajstić information content (AvgIpc) is 2.66. The van der Waals surface area contributed by atoms with Gasteiger partial charge in [-0.05, 0) is 51.8 Å². The summed E-state index contributed by atoms with van der Waals surface area (Å²) in [4.78, 5) is 0. The second kappa shape index (κ2) is 4.73. The number of hydrogen-bond acceptors (Lipinski definition) is 2. The molecule has 1 aromatic heterocycles. The summed E-state index contributed by atoms with van der Waals surface area (Å²) in [6, 6.07) is 3.73. The topological polar surface area (TPSA) is 25.2 Å². The molecule has 0 saturated heterocycles. The molecule has 1 aromatic carbocycles. The number of fused-ring (bicyclic) bond motifs is 1. The summed E-state index contributed by atoms with van der Waals surface area (Å²) in [6.07, 6.45) is 2.50. The van der Waals surface area contributed by atoms with E-state index in [2.05, 4.69) is 26.1 Å². The van der Waals surface area contributed by atoms with E-state index in [4.69, 9.17) is 4.42 Å². The van der Waals surface area contributed by atoms with E-state index < -0.39 is 0 Å². The minimum atomic E-state index is -0.248. The smallest absolute Gasteiger partial charge is 0.170 e. The summed E-state index contributed by atoms with van der Waals surface area (Å²) < 4.78 is 19.2. The fourth-order valence-corrected chi connectivity index (χ4v) is 1.98. The maximum absolute atomic E-state index is 13.8. The van der Waals surface area contributed by atoms with E-state index in [1.807, 2.05) is 6.07 Å². The molecule has 2 nitrogen and oxygen atoms in total. The molecule has 0 aliphatic rings. The monoisotopic (exact) mass is 249 g/mol. The van der Waals surface area contributed by atoms with Gasteiger partial charge in [0.25, 0.3) is 0 Å². The second-order valence-electron chi connectivity index (χ2n) is 5.76. The van der Waals surface area contributed by atoms with Gasteiger partial charge in [0.2, 0.25) is 0 Å². The van der Waals surface area contributed by atoms with E-state index >= 15 is 0 Å². The normalized spacial score (nSPS) is 12.3. The van der Waals surface area contributed by atoms with Gasteiger partial charge < -0.3 is 9.73 Å². The highest BCUT2D eigenvalue weighted by Crippen LogP contribution is 2.26. The lowest BCUT2D eigenvalue weighted by atomic mass is 10.1. The van der Waals surface area contributed by atoms with Crippen LogP contribution in [-0.4, -0.2) is 12.1 Å². The van der Waals surface area contributed by atoms with E-state index in [0.717, 1.165) is 23.9 Å². The molecule has 0 aliphatic heterocycles. The van der Waals surface area contributed by atoms with Crippen molar-refractivity contribution in [3.8, 4) is 0 Å². The molecule has 1 heterocycles. The van der Waals surface area contributed by atoms with E-state index in [1.165, 1.54) is 0 Å². The van der Waals surface area contributed by atoms with Crippen LogP contribution in [0.3, 0.4) is 0 Å². The number of furan rings is 1. The predicted octanol–water partition coefficient (Wildman–Crippen LogP) is 3.81. The molecule has 1 N–H and O–H groups in total. The van der Waals surface area contributed by atoms with Crippen molar-refractivity contribution in [2.45, 2.75) is 39.7 Å². The lowest BCUT2D eigenvalue weighted by Gasteiger charge is -2.20. The van der Waals surface area contributed by atoms with Crippen LogP contribution in [0, 0.1) is 12.7 Å². The molecular weight excluding hydrogens is 229 g/mol. The summed E-state index contributed by atoms with van der Waals surface area (Å²) in [5.41, 5.74) is 2.15. The SMILES string of the molecule is Cc1ccc2c(CCNC(C)(C)C)coc2c1F. The maximum Gasteiger partial charge on any atom is 0.170 e. The molecule has 0 fully saturated rings. The first-order valence-corrected chi connectivity index (χ1v) is 6.29. The summed E-state index contributed by atoms with van der Waals surface area (Å²) in [6.45, 7) is 8.99. The third-order valence-electron chi connectivity index (χ3n) is 3.00. The predicted molar refractivity (Wildman–Crippen MR) is 72.4 cm³/mol. The zero-order valence-corrected chi connectivity index (χ0v) is 11.4. The molecular formula is C15H20FNO. The van der Waals surface area contributed by atoms with Crippen molar-refractivity contribution in [1.29, 1.82) is 0 Å². The summed E-state index contributed by atoms with van der Waals surface area (Å²) in [5, 5.41) is 4.30. The van der Waals surface area contributed by atoms with Crippen molar-refractivity contribution in [1.82, 2.24) is 5.32 Å². The first kappa shape index (κ1) is 13.1. The molecule has 0 spiro atoms. The van der Waals surface area contributed by atoms with Crippen molar-refractivity contribution in [2.24, 2.45) is 0 Å². The molecule has 98 valence electrons. The van der Waals surface area contributed by atoms with Gasteiger partial charge >= 0.3 is 0 Å². The second-order valence-corrected chi connectivity index (χ2v) is 5.76. The molecule has 0 aliphatic carbocycles. The first-order valence-electron chi connectivity index (χ1n) is 6.29. The van der Waals surface area contributed by atoms with Gasteiger partial charge in [0.15, 0.2) is 11.4 Å². The van der Waals surface area contributed by atoms with E-state index in [1.54, 1.807) is 19.3 Å². The highest BCUT2D eigenvalue weighted by molar-refractivity contribution is 5.82. The Bertz CT molecular complexity index is 551. The molecule has 0 atom stereocenters. The van der Waals surface area contributed by atoms with Crippen LogP contribution in [0.5, 0.6) is 0 Å². The molecule has 0 saturated carbocycles. The van der Waals surface area contributed by atoms with Gasteiger partial charge in [-0.2, -0.15) is 0 Å². The van der Waals surface area contributed by atoms with Crippen molar-refractivity contribution in [2.75, 3.05) is 6.54 Å². The Hall–Kier alpha value is -1.35. The Morgan fingerprint density at radius 3 is 2.67 bits per heavy atom. The third-order valence-corrected chi connectivity index (χ3v) is 3.00. The Morgan fingerprint density at radius 1 is 1.28 bits per heavy atom. The van der Waals surface area contributed by atoms with Crippen LogP contribution < -0.4 is 5.32 Å². The lowest BCUT2D eigenvalue weighted by molar-refractivity contribution is 0.429. The van der Waals surface area contributed by atoms with Gasteiger partial charge in [0.1, 0.15) is 0 Å². The molecule has 2 rings (SSSR count). The molecule has 0 amide bonds. The van der Waals surface area contributed by atoms with Gasteiger partial charge in [-0.25, -0.2) is 4.39 Å². The number of nitrogens with one attached hydrogen (secondary N) is 1. The molecule has 18 heavy (non-hydrogen) atoms. The molecule has 2 aromatic rings. The third kappa shape index (κ3) is 2.72. The fourth-order valence-electron chi connectivity index (χ4n) is 1.98. The van der Waals surface area contributed by atoms with Crippen LogP contribution in [0.1, 0.15) is 31.9 Å². The van der Waals surface area contributed by atoms with Crippen LogP contribution in [0.4, 0.5) is 4.39 Å². The van der Waals surface area contributed by atoms with Gasteiger partial charge in [-0.3, -0.25) is 0 Å². The summed E-state index contributed by atoms with van der Waals surface area (Å²) in [7, 11) is 0. The van der Waals surface area contributed by atoms with Crippen molar-refractivity contribution in [3.63, 3.8) is 0 Å². The van der Waals surface area contributed by atoms with Gasteiger partial charge in [-0.15, -0.1) is 0 Å². The summed E-state index contributed by atoms with van der Waals surface area (Å²) >= 11 is 0. The van der Waals surface area contributed by atoms with Gasteiger partial charge in [0.05, 0.1) is 6.26 Å². The van der Waals surface area contributed by atoms with Crippen molar-refractivity contribution >= 4 is 11.0 Å². The Labute approximate surface area is 107 Å². The number of aryl methyl sites for hydroxylation is 1. The zero-order valence-electron chi connectivity index (χ0n) is 11.4. The molecule has 0 bridgehead atoms. The average molecular weight is 249 g/mol. The van der Waals surface area contributed by atoms with Crippen LogP contribution in [0.15, 0.2) is 22.8 Å². The Balaban J connectivity index is 2.18. The number of benzene rings is 1. The minimum absolute atomic E-state index is 0.0986. The van der Waals surface area contributed by atoms with Crippen molar-refractivity contribution < 1.29 is 8.81 Å². The van der Waals surface area contributed by atoms with Crippen LogP contribution in [0.25, 0.3) is 11.0 Å². The number of halogens is 1. The minimum Gasteiger partial charge on any atom is -0.461 e. The van der Waals surface area contributed by atoms with Gasteiger partial charge in [0, 0.05) is 10.9 Å². The standard InChI is InChI=1S/C15H20FNO/c1-10-5-6-12-11(7-8-17-15(2,3)4)9-18-14(12)13(10)16/h5-6,9,17H,7-8H2,1-4H3. The largest absolute Gasteiger partial charge is 0.461 e. The lowest BCUT2D eigenvalue weighted by Crippen LogP contribution is -2.37. The highest BCUT2D eigenvalue weighted by Gasteiger charge is 2.13. The van der Waals surface area contributed by atoms with Gasteiger partial charge in [-0.1, -0.05) is 12.1 Å². The quantitative estimate of drug-likeness (QED) is 0.894. The fraction of sp³-hybridized carbons (Fsp3) is 0.467.